The van der Waals surface area contributed by atoms with E-state index in [1.165, 1.54) is 12.1 Å². The van der Waals surface area contributed by atoms with Crippen molar-refractivity contribution < 1.29 is 42.3 Å². The van der Waals surface area contributed by atoms with Gasteiger partial charge in [0.2, 0.25) is 5.78 Å². The maximum atomic E-state index is 13.4. The van der Waals surface area contributed by atoms with Crippen LogP contribution in [0.3, 0.4) is 0 Å². The molecular weight excluding hydrogens is 512 g/mol. The van der Waals surface area contributed by atoms with Gasteiger partial charge in [-0.2, -0.15) is 8.42 Å². The molecule has 0 amide bonds. The van der Waals surface area contributed by atoms with E-state index in [4.69, 9.17) is 4.74 Å². The van der Waals surface area contributed by atoms with E-state index in [9.17, 15) is 37.6 Å². The average Bonchev–Trinajstić information content (AvgIpc) is 3.13. The van der Waals surface area contributed by atoms with Gasteiger partial charge in [-0.25, -0.2) is 4.79 Å². The summed E-state index contributed by atoms with van der Waals surface area (Å²) in [5.41, 5.74) is -2.36. The highest BCUT2D eigenvalue weighted by Gasteiger charge is 2.68. The molecule has 0 bridgehead atoms. The van der Waals surface area contributed by atoms with Gasteiger partial charge < -0.3 is 14.9 Å². The molecular formula is C28H32O9S. The summed E-state index contributed by atoms with van der Waals surface area (Å²) in [6.45, 7) is 3.16. The number of ether oxygens (including phenoxy) is 1. The third kappa shape index (κ3) is 4.00. The van der Waals surface area contributed by atoms with Crippen LogP contribution in [0.5, 0.6) is 0 Å². The Hall–Kier alpha value is -2.66. The Morgan fingerprint density at radius 2 is 1.92 bits per heavy atom. The fourth-order valence-electron chi connectivity index (χ4n) is 7.91. The fraction of sp³-hybridized carbons (Fsp3) is 0.536. The number of aliphatic hydroxyl groups is 2. The Balaban J connectivity index is 1.34. The predicted octanol–water partition coefficient (Wildman–Crippen LogP) is 2.67. The van der Waals surface area contributed by atoms with Gasteiger partial charge in [-0.3, -0.25) is 14.1 Å². The van der Waals surface area contributed by atoms with Crippen molar-refractivity contribution in [2.24, 2.45) is 28.6 Å². The molecule has 9 nitrogen and oxygen atoms in total. The van der Waals surface area contributed by atoms with Crippen LogP contribution < -0.4 is 0 Å². The molecule has 1 unspecified atom stereocenters. The van der Waals surface area contributed by atoms with Crippen molar-refractivity contribution >= 4 is 27.7 Å². The topological polar surface area (TPSA) is 155 Å². The Bertz CT molecular complexity index is 1380. The molecule has 4 aliphatic carbocycles. The maximum absolute atomic E-state index is 13.4. The fourth-order valence-corrected chi connectivity index (χ4v) is 8.43. The van der Waals surface area contributed by atoms with Gasteiger partial charge in [0, 0.05) is 16.7 Å². The van der Waals surface area contributed by atoms with E-state index in [2.05, 4.69) is 0 Å². The average molecular weight is 545 g/mol. The number of hydrogen-bond acceptors (Lipinski definition) is 8. The second kappa shape index (κ2) is 8.94. The summed E-state index contributed by atoms with van der Waals surface area (Å²) in [6.07, 6.45) is 6.71. The van der Waals surface area contributed by atoms with Gasteiger partial charge in [0.15, 0.2) is 12.4 Å². The van der Waals surface area contributed by atoms with E-state index >= 15 is 0 Å². The molecule has 204 valence electrons. The zero-order valence-corrected chi connectivity index (χ0v) is 22.1. The largest absolute Gasteiger partial charge is 0.454 e. The van der Waals surface area contributed by atoms with E-state index in [0.29, 0.717) is 12.8 Å². The Morgan fingerprint density at radius 1 is 1.18 bits per heavy atom. The van der Waals surface area contributed by atoms with Crippen molar-refractivity contribution in [2.45, 2.75) is 62.6 Å². The minimum atomic E-state index is -4.53. The van der Waals surface area contributed by atoms with Gasteiger partial charge >= 0.3 is 5.97 Å². The summed E-state index contributed by atoms with van der Waals surface area (Å²) < 4.78 is 37.1. The van der Waals surface area contributed by atoms with Gasteiger partial charge in [-0.1, -0.05) is 31.6 Å². The van der Waals surface area contributed by atoms with Crippen molar-refractivity contribution in [3.05, 3.63) is 53.6 Å². The second-order valence-corrected chi connectivity index (χ2v) is 13.0. The Labute approximate surface area is 221 Å². The van der Waals surface area contributed by atoms with Crippen LogP contribution in [0.4, 0.5) is 0 Å². The van der Waals surface area contributed by atoms with Crippen molar-refractivity contribution in [2.75, 3.05) is 6.61 Å². The van der Waals surface area contributed by atoms with Crippen LogP contribution in [0, 0.1) is 28.6 Å². The lowest BCUT2D eigenvalue weighted by atomic mass is 9.46. The minimum Gasteiger partial charge on any atom is -0.454 e. The number of rotatable bonds is 5. The van der Waals surface area contributed by atoms with Crippen LogP contribution in [-0.2, 0) is 24.4 Å². The van der Waals surface area contributed by atoms with Crippen molar-refractivity contribution in [1.29, 1.82) is 0 Å². The van der Waals surface area contributed by atoms with Gasteiger partial charge in [0.05, 0.1) is 16.6 Å². The zero-order valence-electron chi connectivity index (χ0n) is 21.3. The molecule has 5 rings (SSSR count). The monoisotopic (exact) mass is 544 g/mol. The number of carbonyl (C=O) groups excluding carboxylic acids is 3. The molecule has 3 N–H and O–H groups in total. The highest BCUT2D eigenvalue weighted by atomic mass is 32.2. The zero-order chi connectivity index (χ0) is 27.7. The molecule has 0 saturated heterocycles. The van der Waals surface area contributed by atoms with Crippen LogP contribution >= 0.6 is 0 Å². The standard InChI is InChI=1S/C28H32O9S/c1-26-10-8-18(29)13-17(26)6-7-20-21-9-11-28(33,27(21,2)14-22(30)24(20)26)23(31)15-37-25(32)16-4-3-5-19(12-16)38(34,35)36/h3-5,8,10,12-13,20-22,24,30,33H,6-7,9,11,14-15H2,1-2H3,(H,34,35,36)/t20-,21-,22?,24+,26-,27-,28-/m0/s1. The van der Waals surface area contributed by atoms with E-state index in [0.717, 1.165) is 24.1 Å². The lowest BCUT2D eigenvalue weighted by Crippen LogP contribution is -2.61. The summed E-state index contributed by atoms with van der Waals surface area (Å²) in [6, 6.07) is 4.62. The molecule has 1 aromatic carbocycles. The second-order valence-electron chi connectivity index (χ2n) is 11.6. The first-order valence-electron chi connectivity index (χ1n) is 12.8. The molecule has 1 aromatic rings. The molecule has 0 aliphatic heterocycles. The third-order valence-corrected chi connectivity index (χ3v) is 10.7. The van der Waals surface area contributed by atoms with E-state index in [-0.39, 0.29) is 41.9 Å². The first-order chi connectivity index (χ1) is 17.7. The summed E-state index contributed by atoms with van der Waals surface area (Å²) in [5, 5.41) is 23.2. The molecule has 7 atom stereocenters. The van der Waals surface area contributed by atoms with E-state index < -0.39 is 55.9 Å². The van der Waals surface area contributed by atoms with Gasteiger partial charge in [0.1, 0.15) is 5.60 Å². The number of hydrogen-bond donors (Lipinski definition) is 3. The predicted molar refractivity (Wildman–Crippen MR) is 135 cm³/mol. The number of ketones is 2. The quantitative estimate of drug-likeness (QED) is 0.375. The molecule has 38 heavy (non-hydrogen) atoms. The van der Waals surface area contributed by atoms with Crippen molar-refractivity contribution in [3.8, 4) is 0 Å². The summed E-state index contributed by atoms with van der Waals surface area (Å²) in [7, 11) is -4.53. The molecule has 3 fully saturated rings. The first kappa shape index (κ1) is 26.9. The van der Waals surface area contributed by atoms with Gasteiger partial charge in [-0.05, 0) is 74.3 Å². The Morgan fingerprint density at radius 3 is 2.63 bits per heavy atom. The van der Waals surface area contributed by atoms with Crippen LogP contribution in [0.2, 0.25) is 0 Å². The summed E-state index contributed by atoms with van der Waals surface area (Å²) >= 11 is 0. The Kier molecular flexibility index (Phi) is 6.34. The number of benzene rings is 1. The summed E-state index contributed by atoms with van der Waals surface area (Å²) in [4.78, 5) is 37.4. The normalized spacial score (nSPS) is 38.0. The number of carbonyl (C=O) groups is 3. The maximum Gasteiger partial charge on any atom is 0.338 e. The number of fused-ring (bicyclic) bond motifs is 5. The third-order valence-electron chi connectivity index (χ3n) is 9.81. The molecule has 0 spiro atoms. The van der Waals surface area contributed by atoms with Gasteiger partial charge in [0.25, 0.3) is 10.1 Å². The van der Waals surface area contributed by atoms with Crippen LogP contribution in [0.25, 0.3) is 0 Å². The lowest BCUT2D eigenvalue weighted by molar-refractivity contribution is -0.178. The molecule has 3 saturated carbocycles. The smallest absolute Gasteiger partial charge is 0.338 e. The van der Waals surface area contributed by atoms with Crippen LogP contribution in [-0.4, -0.2) is 59.0 Å². The SMILES string of the molecule is C[C@]12C=CC(=O)C=C1CC[C@@H]1[C@@H]2C(O)C[C@@]2(C)[C@H]1CC[C@]2(O)C(=O)COC(=O)c1cccc(S(=O)(=O)O)c1. The van der Waals surface area contributed by atoms with Gasteiger partial charge in [-0.15, -0.1) is 0 Å². The summed E-state index contributed by atoms with van der Waals surface area (Å²) in [5.74, 6) is -1.83. The molecule has 0 heterocycles. The number of esters is 1. The van der Waals surface area contributed by atoms with Crippen molar-refractivity contribution in [3.63, 3.8) is 0 Å². The molecule has 0 aromatic heterocycles. The highest BCUT2D eigenvalue weighted by Crippen LogP contribution is 2.67. The highest BCUT2D eigenvalue weighted by molar-refractivity contribution is 7.85. The van der Waals surface area contributed by atoms with E-state index in [1.54, 1.807) is 12.2 Å². The van der Waals surface area contributed by atoms with Crippen LogP contribution in [0.1, 0.15) is 56.3 Å². The first-order valence-corrected chi connectivity index (χ1v) is 14.3. The van der Waals surface area contributed by atoms with Crippen LogP contribution in [0.15, 0.2) is 53.0 Å². The number of allylic oxidation sites excluding steroid dienone is 4. The molecule has 0 radical (unpaired) electrons. The number of aliphatic hydroxyl groups excluding tert-OH is 1. The minimum absolute atomic E-state index is 0.0382. The van der Waals surface area contributed by atoms with E-state index in [1.807, 2.05) is 19.9 Å². The number of Topliss-reactive ketones (excluding diaryl/α,β-unsaturated/α-hetero) is 1. The molecule has 4 aliphatic rings. The van der Waals surface area contributed by atoms with Crippen molar-refractivity contribution in [1.82, 2.24) is 0 Å². The molecule has 10 heteroatoms. The lowest BCUT2D eigenvalue weighted by Gasteiger charge is -2.59.